The summed E-state index contributed by atoms with van der Waals surface area (Å²) in [4.78, 5) is 29.6. The van der Waals surface area contributed by atoms with E-state index in [-0.39, 0.29) is 25.0 Å². The Morgan fingerprint density at radius 1 is 1.33 bits per heavy atom. The first-order valence-corrected chi connectivity index (χ1v) is 9.19. The van der Waals surface area contributed by atoms with Gasteiger partial charge in [-0.15, -0.1) is 0 Å². The van der Waals surface area contributed by atoms with Crippen LogP contribution in [-0.2, 0) is 11.3 Å². The van der Waals surface area contributed by atoms with Crippen LogP contribution in [0.15, 0.2) is 28.7 Å². The highest BCUT2D eigenvalue weighted by Crippen LogP contribution is 2.26. The number of halogens is 1. The molecule has 0 spiro atoms. The van der Waals surface area contributed by atoms with Crippen molar-refractivity contribution in [2.24, 2.45) is 11.8 Å². The van der Waals surface area contributed by atoms with E-state index in [1.54, 1.807) is 17.0 Å². The quantitative estimate of drug-likeness (QED) is 0.830. The molecule has 0 aliphatic carbocycles. The van der Waals surface area contributed by atoms with Crippen molar-refractivity contribution >= 4 is 23.6 Å². The predicted molar refractivity (Wildman–Crippen MR) is 100 cm³/mol. The van der Waals surface area contributed by atoms with E-state index in [1.807, 2.05) is 26.0 Å². The standard InChI is InChI=1S/C19H22ClN3O4/c1-11-7-14(18(24)25)10-23(9-11)19(26)21-8-16-22-12(2)17(27-16)13-3-5-15(20)6-4-13/h3-6,11,14H,7-10H2,1-2H3,(H,21,26)(H,24,25). The Morgan fingerprint density at radius 2 is 2.04 bits per heavy atom. The Morgan fingerprint density at radius 3 is 2.70 bits per heavy atom. The lowest BCUT2D eigenvalue weighted by Crippen LogP contribution is -2.49. The van der Waals surface area contributed by atoms with E-state index in [4.69, 9.17) is 16.0 Å². The van der Waals surface area contributed by atoms with Crippen molar-refractivity contribution in [3.8, 4) is 11.3 Å². The number of carboxylic acid groups (broad SMARTS) is 1. The summed E-state index contributed by atoms with van der Waals surface area (Å²) < 4.78 is 5.78. The molecule has 7 nitrogen and oxygen atoms in total. The molecule has 1 aliphatic rings. The normalized spacial score (nSPS) is 19.7. The van der Waals surface area contributed by atoms with Gasteiger partial charge in [0.15, 0.2) is 5.76 Å². The van der Waals surface area contributed by atoms with Gasteiger partial charge in [0, 0.05) is 23.7 Å². The van der Waals surface area contributed by atoms with Gasteiger partial charge in [0.2, 0.25) is 5.89 Å². The second kappa shape index (κ2) is 8.00. The van der Waals surface area contributed by atoms with E-state index in [0.29, 0.717) is 29.6 Å². The Hall–Kier alpha value is -2.54. The molecule has 2 N–H and O–H groups in total. The summed E-state index contributed by atoms with van der Waals surface area (Å²) in [6.07, 6.45) is 0.586. The number of carbonyl (C=O) groups excluding carboxylic acids is 1. The summed E-state index contributed by atoms with van der Waals surface area (Å²) in [6, 6.07) is 6.93. The van der Waals surface area contributed by atoms with Crippen LogP contribution in [0.2, 0.25) is 5.02 Å². The Kier molecular flexibility index (Phi) is 5.70. The molecule has 1 fully saturated rings. The molecular formula is C19H22ClN3O4. The fraction of sp³-hybridized carbons (Fsp3) is 0.421. The van der Waals surface area contributed by atoms with Crippen molar-refractivity contribution in [3.63, 3.8) is 0 Å². The van der Waals surface area contributed by atoms with E-state index in [1.165, 1.54) is 0 Å². The maximum atomic E-state index is 12.4. The van der Waals surface area contributed by atoms with Crippen LogP contribution in [0.3, 0.4) is 0 Å². The first kappa shape index (κ1) is 19.2. The van der Waals surface area contributed by atoms with Crippen molar-refractivity contribution < 1.29 is 19.1 Å². The van der Waals surface area contributed by atoms with E-state index >= 15 is 0 Å². The van der Waals surface area contributed by atoms with Crippen molar-refractivity contribution in [1.82, 2.24) is 15.2 Å². The average molecular weight is 392 g/mol. The minimum Gasteiger partial charge on any atom is -0.481 e. The van der Waals surface area contributed by atoms with Gasteiger partial charge < -0.3 is 19.7 Å². The zero-order valence-corrected chi connectivity index (χ0v) is 16.0. The highest BCUT2D eigenvalue weighted by Gasteiger charge is 2.31. The van der Waals surface area contributed by atoms with Gasteiger partial charge in [0.25, 0.3) is 0 Å². The van der Waals surface area contributed by atoms with Gasteiger partial charge in [0.05, 0.1) is 18.2 Å². The largest absolute Gasteiger partial charge is 0.481 e. The molecule has 2 amide bonds. The third-order valence-electron chi connectivity index (χ3n) is 4.63. The number of aromatic nitrogens is 1. The number of aryl methyl sites for hydroxylation is 1. The Bertz CT molecular complexity index is 834. The van der Waals surface area contributed by atoms with Crippen LogP contribution in [0.25, 0.3) is 11.3 Å². The SMILES string of the molecule is Cc1nc(CNC(=O)N2CC(C)CC(C(=O)O)C2)oc1-c1ccc(Cl)cc1. The van der Waals surface area contributed by atoms with Gasteiger partial charge in [-0.05, 0) is 43.5 Å². The summed E-state index contributed by atoms with van der Waals surface area (Å²) in [5, 5.41) is 12.6. The number of rotatable bonds is 4. The average Bonchev–Trinajstić information content (AvgIpc) is 3.00. The number of carbonyl (C=O) groups is 2. The van der Waals surface area contributed by atoms with Crippen molar-refractivity contribution in [2.45, 2.75) is 26.8 Å². The van der Waals surface area contributed by atoms with Crippen LogP contribution >= 0.6 is 11.6 Å². The molecule has 1 aromatic heterocycles. The second-order valence-corrected chi connectivity index (χ2v) is 7.41. The number of hydrogen-bond donors (Lipinski definition) is 2. The Balaban J connectivity index is 1.63. The number of oxazole rings is 1. The summed E-state index contributed by atoms with van der Waals surface area (Å²) >= 11 is 5.91. The van der Waals surface area contributed by atoms with Crippen molar-refractivity contribution in [2.75, 3.05) is 13.1 Å². The first-order valence-electron chi connectivity index (χ1n) is 8.81. The lowest BCUT2D eigenvalue weighted by Gasteiger charge is -2.34. The molecule has 1 saturated heterocycles. The maximum Gasteiger partial charge on any atom is 0.317 e. The number of urea groups is 1. The van der Waals surface area contributed by atoms with E-state index in [9.17, 15) is 14.7 Å². The molecule has 2 unspecified atom stereocenters. The van der Waals surface area contributed by atoms with Gasteiger partial charge in [-0.25, -0.2) is 9.78 Å². The number of aliphatic carboxylic acids is 1. The molecule has 0 bridgehead atoms. The minimum absolute atomic E-state index is 0.135. The number of piperidine rings is 1. The summed E-state index contributed by atoms with van der Waals surface area (Å²) in [6.45, 7) is 4.67. The number of hydrogen-bond acceptors (Lipinski definition) is 4. The minimum atomic E-state index is -0.865. The smallest absolute Gasteiger partial charge is 0.317 e. The predicted octanol–water partition coefficient (Wildman–Crippen LogP) is 3.56. The van der Waals surface area contributed by atoms with Gasteiger partial charge in [-0.3, -0.25) is 4.79 Å². The molecule has 2 heterocycles. The Labute approximate surface area is 162 Å². The highest BCUT2D eigenvalue weighted by molar-refractivity contribution is 6.30. The highest BCUT2D eigenvalue weighted by atomic mass is 35.5. The lowest BCUT2D eigenvalue weighted by molar-refractivity contribution is -0.143. The van der Waals surface area contributed by atoms with Crippen LogP contribution < -0.4 is 5.32 Å². The number of amides is 2. The number of nitrogens with one attached hydrogen (secondary N) is 1. The molecule has 27 heavy (non-hydrogen) atoms. The van der Waals surface area contributed by atoms with Gasteiger partial charge in [-0.2, -0.15) is 0 Å². The van der Waals surface area contributed by atoms with Crippen molar-refractivity contribution in [3.05, 3.63) is 40.9 Å². The van der Waals surface area contributed by atoms with Crippen LogP contribution in [0.5, 0.6) is 0 Å². The number of likely N-dealkylation sites (tertiary alicyclic amines) is 1. The molecule has 3 rings (SSSR count). The van der Waals surface area contributed by atoms with Gasteiger partial charge in [0.1, 0.15) is 0 Å². The molecule has 1 aromatic carbocycles. The molecular weight excluding hydrogens is 370 g/mol. The summed E-state index contributed by atoms with van der Waals surface area (Å²) in [7, 11) is 0. The zero-order valence-electron chi connectivity index (χ0n) is 15.2. The molecule has 0 radical (unpaired) electrons. The molecule has 2 aromatic rings. The lowest BCUT2D eigenvalue weighted by atomic mass is 9.91. The van der Waals surface area contributed by atoms with Crippen LogP contribution in [0.4, 0.5) is 4.79 Å². The fourth-order valence-electron chi connectivity index (χ4n) is 3.36. The van der Waals surface area contributed by atoms with E-state index in [0.717, 1.165) is 11.3 Å². The molecule has 144 valence electrons. The van der Waals surface area contributed by atoms with E-state index < -0.39 is 11.9 Å². The first-order chi connectivity index (χ1) is 12.8. The van der Waals surface area contributed by atoms with Crippen molar-refractivity contribution in [1.29, 1.82) is 0 Å². The number of benzene rings is 1. The summed E-state index contributed by atoms with van der Waals surface area (Å²) in [5.41, 5.74) is 1.58. The monoisotopic (exact) mass is 391 g/mol. The number of nitrogens with zero attached hydrogens (tertiary/aromatic N) is 2. The molecule has 8 heteroatoms. The fourth-order valence-corrected chi connectivity index (χ4v) is 3.48. The van der Waals surface area contributed by atoms with E-state index in [2.05, 4.69) is 10.3 Å². The molecule has 1 aliphatic heterocycles. The number of carboxylic acids is 1. The maximum absolute atomic E-state index is 12.4. The molecule has 2 atom stereocenters. The van der Waals surface area contributed by atoms with Crippen LogP contribution in [0.1, 0.15) is 24.9 Å². The zero-order chi connectivity index (χ0) is 19.6. The van der Waals surface area contributed by atoms with Crippen LogP contribution in [0, 0.1) is 18.8 Å². The summed E-state index contributed by atoms with van der Waals surface area (Å²) in [5.74, 6) is -0.222. The third kappa shape index (κ3) is 4.60. The molecule has 0 saturated carbocycles. The topological polar surface area (TPSA) is 95.7 Å². The van der Waals surface area contributed by atoms with Gasteiger partial charge >= 0.3 is 12.0 Å². The second-order valence-electron chi connectivity index (χ2n) is 6.97. The third-order valence-corrected chi connectivity index (χ3v) is 4.89. The van der Waals surface area contributed by atoms with Crippen LogP contribution in [-0.4, -0.2) is 40.1 Å². The van der Waals surface area contributed by atoms with Gasteiger partial charge in [-0.1, -0.05) is 18.5 Å².